The van der Waals surface area contributed by atoms with Gasteiger partial charge in [0.05, 0.1) is 18.7 Å². The summed E-state index contributed by atoms with van der Waals surface area (Å²) in [4.78, 5) is 26.0. The standard InChI is InChI=1S/C22H27N7O/c1-16-15-17(2)24-21(23-16)28-7-9-29(10-8-28)22-25-19-6-4-3-5-18(19)20(26-22)27-11-13-30-14-12-27/h3-6,15H,7-14H2,1-2H3. The number of fused-ring (bicyclic) bond motifs is 1. The van der Waals surface area contributed by atoms with Crippen molar-refractivity contribution in [2.24, 2.45) is 0 Å². The van der Waals surface area contributed by atoms with Crippen LogP contribution in [0.3, 0.4) is 0 Å². The second-order valence-corrected chi connectivity index (χ2v) is 7.89. The largest absolute Gasteiger partial charge is 0.378 e. The molecule has 0 saturated carbocycles. The smallest absolute Gasteiger partial charge is 0.228 e. The van der Waals surface area contributed by atoms with Crippen molar-refractivity contribution < 1.29 is 4.74 Å². The number of piperazine rings is 1. The molecule has 0 amide bonds. The van der Waals surface area contributed by atoms with Crippen molar-refractivity contribution in [3.05, 3.63) is 41.7 Å². The molecule has 2 aliphatic rings. The Bertz CT molecular complexity index is 1020. The van der Waals surface area contributed by atoms with E-state index in [1.807, 2.05) is 26.0 Å². The van der Waals surface area contributed by atoms with Crippen molar-refractivity contribution in [1.82, 2.24) is 19.9 Å². The number of benzene rings is 1. The van der Waals surface area contributed by atoms with Gasteiger partial charge in [-0.15, -0.1) is 0 Å². The van der Waals surface area contributed by atoms with Crippen LogP contribution in [-0.2, 0) is 4.74 Å². The fourth-order valence-electron chi connectivity index (χ4n) is 4.16. The maximum atomic E-state index is 5.54. The van der Waals surface area contributed by atoms with E-state index in [1.165, 1.54) is 0 Å². The molecule has 0 aliphatic carbocycles. The fourth-order valence-corrected chi connectivity index (χ4v) is 4.16. The van der Waals surface area contributed by atoms with Gasteiger partial charge in [-0.2, -0.15) is 4.98 Å². The summed E-state index contributed by atoms with van der Waals surface area (Å²) in [6, 6.07) is 10.3. The van der Waals surface area contributed by atoms with Gasteiger partial charge in [0, 0.05) is 56.0 Å². The zero-order valence-corrected chi connectivity index (χ0v) is 17.6. The normalized spacial score (nSPS) is 17.6. The summed E-state index contributed by atoms with van der Waals surface area (Å²) < 4.78 is 5.54. The first-order chi connectivity index (χ1) is 14.7. The summed E-state index contributed by atoms with van der Waals surface area (Å²) in [5, 5.41) is 1.10. The van der Waals surface area contributed by atoms with Crippen LogP contribution in [0.25, 0.3) is 10.9 Å². The Labute approximate surface area is 176 Å². The third-order valence-electron chi connectivity index (χ3n) is 5.70. The molecule has 0 N–H and O–H groups in total. The molecule has 2 aromatic heterocycles. The van der Waals surface area contributed by atoms with Crippen molar-refractivity contribution >= 4 is 28.6 Å². The first-order valence-corrected chi connectivity index (χ1v) is 10.6. The van der Waals surface area contributed by atoms with Crippen LogP contribution >= 0.6 is 0 Å². The minimum absolute atomic E-state index is 0.738. The number of para-hydroxylation sites is 1. The van der Waals surface area contributed by atoms with Crippen LogP contribution < -0.4 is 14.7 Å². The first-order valence-electron chi connectivity index (χ1n) is 10.6. The van der Waals surface area contributed by atoms with Crippen LogP contribution in [0.15, 0.2) is 30.3 Å². The summed E-state index contributed by atoms with van der Waals surface area (Å²) in [7, 11) is 0. The zero-order valence-electron chi connectivity index (χ0n) is 17.6. The van der Waals surface area contributed by atoms with E-state index >= 15 is 0 Å². The number of nitrogens with zero attached hydrogens (tertiary/aromatic N) is 7. The molecule has 8 heteroatoms. The topological polar surface area (TPSA) is 70.5 Å². The van der Waals surface area contributed by atoms with Gasteiger partial charge < -0.3 is 19.4 Å². The highest BCUT2D eigenvalue weighted by molar-refractivity contribution is 5.90. The van der Waals surface area contributed by atoms with E-state index in [1.54, 1.807) is 0 Å². The lowest BCUT2D eigenvalue weighted by atomic mass is 10.2. The quantitative estimate of drug-likeness (QED) is 0.657. The van der Waals surface area contributed by atoms with Crippen molar-refractivity contribution in [2.45, 2.75) is 13.8 Å². The second-order valence-electron chi connectivity index (χ2n) is 7.89. The number of anilines is 3. The first kappa shape index (κ1) is 19.0. The summed E-state index contributed by atoms with van der Waals surface area (Å²) in [5.74, 6) is 2.63. The van der Waals surface area contributed by atoms with Crippen LogP contribution in [0.2, 0.25) is 0 Å². The Morgan fingerprint density at radius 2 is 1.30 bits per heavy atom. The predicted octanol–water partition coefficient (Wildman–Crippen LogP) is 2.20. The van der Waals surface area contributed by atoms with Gasteiger partial charge in [-0.3, -0.25) is 0 Å². The molecule has 0 spiro atoms. The molecule has 8 nitrogen and oxygen atoms in total. The van der Waals surface area contributed by atoms with Gasteiger partial charge in [-0.25, -0.2) is 15.0 Å². The van der Waals surface area contributed by atoms with E-state index in [2.05, 4.69) is 42.9 Å². The third kappa shape index (κ3) is 3.75. The van der Waals surface area contributed by atoms with Crippen LogP contribution in [0.1, 0.15) is 11.4 Å². The van der Waals surface area contributed by atoms with Gasteiger partial charge in [0.25, 0.3) is 0 Å². The average molecular weight is 406 g/mol. The van der Waals surface area contributed by atoms with Crippen LogP contribution in [-0.4, -0.2) is 72.4 Å². The molecule has 30 heavy (non-hydrogen) atoms. The number of aryl methyl sites for hydroxylation is 2. The summed E-state index contributed by atoms with van der Waals surface area (Å²) in [6.45, 7) is 10.6. The van der Waals surface area contributed by atoms with Gasteiger partial charge in [0.1, 0.15) is 5.82 Å². The number of hydrogen-bond donors (Lipinski definition) is 0. The Kier molecular flexibility index (Phi) is 5.08. The average Bonchev–Trinajstić information content (AvgIpc) is 2.78. The molecule has 4 heterocycles. The fraction of sp³-hybridized carbons (Fsp3) is 0.455. The molecule has 2 saturated heterocycles. The van der Waals surface area contributed by atoms with E-state index in [-0.39, 0.29) is 0 Å². The molecule has 2 fully saturated rings. The zero-order chi connectivity index (χ0) is 20.5. The molecule has 0 atom stereocenters. The molecule has 2 aliphatic heterocycles. The van der Waals surface area contributed by atoms with Crippen molar-refractivity contribution in [3.63, 3.8) is 0 Å². The Hall–Kier alpha value is -3.00. The van der Waals surface area contributed by atoms with Crippen LogP contribution in [0.4, 0.5) is 17.7 Å². The van der Waals surface area contributed by atoms with Crippen molar-refractivity contribution in [2.75, 3.05) is 67.2 Å². The van der Waals surface area contributed by atoms with Gasteiger partial charge >= 0.3 is 0 Å². The number of aromatic nitrogens is 4. The number of hydrogen-bond acceptors (Lipinski definition) is 8. The Balaban J connectivity index is 1.40. The van der Waals surface area contributed by atoms with E-state index in [9.17, 15) is 0 Å². The maximum Gasteiger partial charge on any atom is 0.228 e. The molecular formula is C22H27N7O. The highest BCUT2D eigenvalue weighted by Gasteiger charge is 2.24. The molecule has 0 bridgehead atoms. The molecule has 3 aromatic rings. The lowest BCUT2D eigenvalue weighted by Gasteiger charge is -2.36. The summed E-state index contributed by atoms with van der Waals surface area (Å²) in [5.41, 5.74) is 3.00. The molecule has 5 rings (SSSR count). The molecule has 1 aromatic carbocycles. The van der Waals surface area contributed by atoms with Gasteiger partial charge in [0.2, 0.25) is 11.9 Å². The van der Waals surface area contributed by atoms with Gasteiger partial charge in [0.15, 0.2) is 0 Å². The van der Waals surface area contributed by atoms with E-state index < -0.39 is 0 Å². The third-order valence-corrected chi connectivity index (χ3v) is 5.70. The lowest BCUT2D eigenvalue weighted by Crippen LogP contribution is -2.48. The van der Waals surface area contributed by atoms with E-state index in [0.29, 0.717) is 0 Å². The lowest BCUT2D eigenvalue weighted by molar-refractivity contribution is 0.122. The highest BCUT2D eigenvalue weighted by atomic mass is 16.5. The Morgan fingerprint density at radius 1 is 0.700 bits per heavy atom. The monoisotopic (exact) mass is 405 g/mol. The maximum absolute atomic E-state index is 5.54. The Morgan fingerprint density at radius 3 is 1.97 bits per heavy atom. The van der Waals surface area contributed by atoms with Crippen LogP contribution in [0.5, 0.6) is 0 Å². The molecule has 0 unspecified atom stereocenters. The van der Waals surface area contributed by atoms with Crippen LogP contribution in [0, 0.1) is 13.8 Å². The predicted molar refractivity (Wildman–Crippen MR) is 119 cm³/mol. The van der Waals surface area contributed by atoms with E-state index in [4.69, 9.17) is 14.7 Å². The van der Waals surface area contributed by atoms with E-state index in [0.717, 1.165) is 92.5 Å². The molecule has 156 valence electrons. The van der Waals surface area contributed by atoms with Crippen molar-refractivity contribution in [1.29, 1.82) is 0 Å². The highest BCUT2D eigenvalue weighted by Crippen LogP contribution is 2.28. The minimum Gasteiger partial charge on any atom is -0.378 e. The number of rotatable bonds is 3. The minimum atomic E-state index is 0.738. The number of ether oxygens (including phenoxy) is 1. The number of morpholine rings is 1. The molecule has 0 radical (unpaired) electrons. The molecular weight excluding hydrogens is 378 g/mol. The SMILES string of the molecule is Cc1cc(C)nc(N2CCN(c3nc(N4CCOCC4)c4ccccc4n3)CC2)n1. The van der Waals surface area contributed by atoms with Gasteiger partial charge in [-0.05, 0) is 32.0 Å². The van der Waals surface area contributed by atoms with Crippen molar-refractivity contribution in [3.8, 4) is 0 Å². The second kappa shape index (κ2) is 8.02. The summed E-state index contributed by atoms with van der Waals surface area (Å²) >= 11 is 0. The van der Waals surface area contributed by atoms with Gasteiger partial charge in [-0.1, -0.05) is 12.1 Å². The summed E-state index contributed by atoms with van der Waals surface area (Å²) in [6.07, 6.45) is 0.